The SMILES string of the molecule is O=C(NCC1CCC(N2CCCC2)CC1)OCc1ccccc1. The van der Waals surface area contributed by atoms with Gasteiger partial charge in [-0.15, -0.1) is 0 Å². The van der Waals surface area contributed by atoms with Crippen molar-refractivity contribution in [3.8, 4) is 0 Å². The summed E-state index contributed by atoms with van der Waals surface area (Å²) >= 11 is 0. The van der Waals surface area contributed by atoms with Crippen LogP contribution in [-0.4, -0.2) is 36.7 Å². The first kappa shape index (κ1) is 16.3. The zero-order valence-corrected chi connectivity index (χ0v) is 13.9. The summed E-state index contributed by atoms with van der Waals surface area (Å²) in [7, 11) is 0. The second-order valence-electron chi connectivity index (χ2n) is 6.86. The van der Waals surface area contributed by atoms with Gasteiger partial charge in [0.2, 0.25) is 0 Å². The third kappa shape index (κ3) is 4.96. The van der Waals surface area contributed by atoms with E-state index in [4.69, 9.17) is 4.74 Å². The molecule has 126 valence electrons. The number of nitrogens with zero attached hydrogens (tertiary/aromatic N) is 1. The summed E-state index contributed by atoms with van der Waals surface area (Å²) in [5, 5.41) is 2.93. The Morgan fingerprint density at radius 1 is 1.09 bits per heavy atom. The van der Waals surface area contributed by atoms with Crippen LogP contribution in [0.3, 0.4) is 0 Å². The fraction of sp³-hybridized carbons (Fsp3) is 0.632. The van der Waals surface area contributed by atoms with Crippen LogP contribution in [0.1, 0.15) is 44.1 Å². The van der Waals surface area contributed by atoms with Crippen LogP contribution in [0.2, 0.25) is 0 Å². The number of amides is 1. The van der Waals surface area contributed by atoms with Gasteiger partial charge in [0.25, 0.3) is 0 Å². The van der Waals surface area contributed by atoms with Crippen molar-refractivity contribution < 1.29 is 9.53 Å². The number of carbonyl (C=O) groups is 1. The second kappa shape index (κ2) is 8.34. The minimum Gasteiger partial charge on any atom is -0.445 e. The van der Waals surface area contributed by atoms with Crippen LogP contribution in [0.15, 0.2) is 30.3 Å². The minimum absolute atomic E-state index is 0.296. The first-order valence-corrected chi connectivity index (χ1v) is 9.00. The van der Waals surface area contributed by atoms with Crippen LogP contribution in [0.4, 0.5) is 4.79 Å². The highest BCUT2D eigenvalue weighted by atomic mass is 16.5. The van der Waals surface area contributed by atoms with E-state index in [2.05, 4.69) is 10.2 Å². The lowest BCUT2D eigenvalue weighted by molar-refractivity contribution is 0.132. The summed E-state index contributed by atoms with van der Waals surface area (Å²) in [5.41, 5.74) is 1.02. The molecule has 0 bridgehead atoms. The number of carbonyl (C=O) groups excluding carboxylic acids is 1. The molecule has 3 rings (SSSR count). The number of benzene rings is 1. The zero-order valence-electron chi connectivity index (χ0n) is 13.9. The van der Waals surface area contributed by atoms with Crippen LogP contribution in [-0.2, 0) is 11.3 Å². The maximum atomic E-state index is 11.8. The van der Waals surface area contributed by atoms with Gasteiger partial charge in [0.05, 0.1) is 0 Å². The lowest BCUT2D eigenvalue weighted by atomic mass is 9.85. The molecule has 1 aliphatic carbocycles. The lowest BCUT2D eigenvalue weighted by Gasteiger charge is -2.34. The van der Waals surface area contributed by atoms with E-state index in [9.17, 15) is 4.79 Å². The van der Waals surface area contributed by atoms with Gasteiger partial charge in [-0.25, -0.2) is 4.79 Å². The van der Waals surface area contributed by atoms with Crippen molar-refractivity contribution in [2.45, 2.75) is 51.2 Å². The molecular formula is C19H28N2O2. The number of hydrogen-bond donors (Lipinski definition) is 1. The van der Waals surface area contributed by atoms with E-state index in [1.165, 1.54) is 51.6 Å². The molecule has 0 atom stereocenters. The maximum Gasteiger partial charge on any atom is 0.407 e. The molecule has 2 aliphatic rings. The van der Waals surface area contributed by atoms with Crippen LogP contribution in [0, 0.1) is 5.92 Å². The van der Waals surface area contributed by atoms with Crippen molar-refractivity contribution in [1.29, 1.82) is 0 Å². The molecule has 4 nitrogen and oxygen atoms in total. The molecule has 1 heterocycles. The summed E-state index contributed by atoms with van der Waals surface area (Å²) < 4.78 is 5.26. The monoisotopic (exact) mass is 316 g/mol. The number of hydrogen-bond acceptors (Lipinski definition) is 3. The quantitative estimate of drug-likeness (QED) is 0.903. The van der Waals surface area contributed by atoms with E-state index in [0.29, 0.717) is 12.5 Å². The van der Waals surface area contributed by atoms with Gasteiger partial charge < -0.3 is 15.0 Å². The molecule has 23 heavy (non-hydrogen) atoms. The Kier molecular flexibility index (Phi) is 5.92. The minimum atomic E-state index is -0.296. The molecule has 1 aromatic carbocycles. The van der Waals surface area contributed by atoms with Crippen LogP contribution >= 0.6 is 0 Å². The van der Waals surface area contributed by atoms with E-state index >= 15 is 0 Å². The predicted molar refractivity (Wildman–Crippen MR) is 91.2 cm³/mol. The zero-order chi connectivity index (χ0) is 15.9. The summed E-state index contributed by atoms with van der Waals surface area (Å²) in [5.74, 6) is 0.609. The van der Waals surface area contributed by atoms with E-state index in [0.717, 1.165) is 18.2 Å². The summed E-state index contributed by atoms with van der Waals surface area (Å²) in [6.07, 6.45) is 7.45. The number of nitrogens with one attached hydrogen (secondary N) is 1. The van der Waals surface area contributed by atoms with Gasteiger partial charge >= 0.3 is 6.09 Å². The summed E-state index contributed by atoms with van der Waals surface area (Å²) in [6, 6.07) is 10.6. The van der Waals surface area contributed by atoms with Crippen LogP contribution < -0.4 is 5.32 Å². The third-order valence-corrected chi connectivity index (χ3v) is 5.22. The lowest BCUT2D eigenvalue weighted by Crippen LogP contribution is -2.38. The molecule has 0 aromatic heterocycles. The van der Waals surface area contributed by atoms with Gasteiger partial charge in [0.1, 0.15) is 6.61 Å². The predicted octanol–water partition coefficient (Wildman–Crippen LogP) is 3.57. The number of likely N-dealkylation sites (tertiary alicyclic amines) is 1. The molecule has 1 aliphatic heterocycles. The molecule has 2 fully saturated rings. The van der Waals surface area contributed by atoms with Crippen LogP contribution in [0.25, 0.3) is 0 Å². The van der Waals surface area contributed by atoms with Crippen LogP contribution in [0.5, 0.6) is 0 Å². The summed E-state index contributed by atoms with van der Waals surface area (Å²) in [6.45, 7) is 3.67. The topological polar surface area (TPSA) is 41.6 Å². The fourth-order valence-electron chi connectivity index (χ4n) is 3.82. The number of ether oxygens (including phenoxy) is 1. The smallest absolute Gasteiger partial charge is 0.407 e. The average molecular weight is 316 g/mol. The molecule has 1 saturated heterocycles. The Morgan fingerprint density at radius 2 is 1.78 bits per heavy atom. The largest absolute Gasteiger partial charge is 0.445 e. The average Bonchev–Trinajstić information content (AvgIpc) is 3.14. The van der Waals surface area contributed by atoms with Gasteiger partial charge in [-0.2, -0.15) is 0 Å². The Bertz CT molecular complexity index is 477. The van der Waals surface area contributed by atoms with E-state index in [1.807, 2.05) is 30.3 Å². The maximum absolute atomic E-state index is 11.8. The molecule has 0 unspecified atom stereocenters. The van der Waals surface area contributed by atoms with Gasteiger partial charge in [-0.3, -0.25) is 0 Å². The molecule has 0 spiro atoms. The Balaban J connectivity index is 1.31. The third-order valence-electron chi connectivity index (χ3n) is 5.22. The second-order valence-corrected chi connectivity index (χ2v) is 6.86. The highest BCUT2D eigenvalue weighted by Gasteiger charge is 2.27. The number of rotatable bonds is 5. The van der Waals surface area contributed by atoms with Gasteiger partial charge in [-0.05, 0) is 63.1 Å². The molecule has 1 N–H and O–H groups in total. The Labute approximate surface area is 139 Å². The standard InChI is InChI=1S/C19H28N2O2/c22-19(23-15-17-6-2-1-3-7-17)20-14-16-8-10-18(11-9-16)21-12-4-5-13-21/h1-3,6-7,16,18H,4-5,8-15H2,(H,20,22). The molecular weight excluding hydrogens is 288 g/mol. The summed E-state index contributed by atoms with van der Waals surface area (Å²) in [4.78, 5) is 14.5. The molecule has 1 aromatic rings. The van der Waals surface area contributed by atoms with Crippen molar-refractivity contribution in [1.82, 2.24) is 10.2 Å². The fourth-order valence-corrected chi connectivity index (χ4v) is 3.82. The first-order chi connectivity index (χ1) is 11.3. The van der Waals surface area contributed by atoms with Crippen molar-refractivity contribution >= 4 is 6.09 Å². The van der Waals surface area contributed by atoms with Gasteiger partial charge in [0.15, 0.2) is 0 Å². The first-order valence-electron chi connectivity index (χ1n) is 9.00. The normalized spacial score (nSPS) is 25.2. The van der Waals surface area contributed by atoms with E-state index in [1.54, 1.807) is 0 Å². The van der Waals surface area contributed by atoms with Crippen molar-refractivity contribution in [2.75, 3.05) is 19.6 Å². The number of alkyl carbamates (subject to hydrolysis) is 1. The van der Waals surface area contributed by atoms with Crippen molar-refractivity contribution in [3.05, 3.63) is 35.9 Å². The Hall–Kier alpha value is -1.55. The van der Waals surface area contributed by atoms with Gasteiger partial charge in [-0.1, -0.05) is 30.3 Å². The van der Waals surface area contributed by atoms with Gasteiger partial charge in [0, 0.05) is 12.6 Å². The molecule has 1 amide bonds. The molecule has 0 radical (unpaired) electrons. The van der Waals surface area contributed by atoms with E-state index < -0.39 is 0 Å². The van der Waals surface area contributed by atoms with E-state index in [-0.39, 0.29) is 6.09 Å². The van der Waals surface area contributed by atoms with Crippen molar-refractivity contribution in [3.63, 3.8) is 0 Å². The highest BCUT2D eigenvalue weighted by molar-refractivity contribution is 5.67. The molecule has 4 heteroatoms. The Morgan fingerprint density at radius 3 is 2.48 bits per heavy atom. The molecule has 1 saturated carbocycles. The van der Waals surface area contributed by atoms with Crippen molar-refractivity contribution in [2.24, 2.45) is 5.92 Å². The highest BCUT2D eigenvalue weighted by Crippen LogP contribution is 2.29.